The first kappa shape index (κ1) is 17.8. The van der Waals surface area contributed by atoms with Crippen LogP contribution in [-0.4, -0.2) is 18.4 Å². The molecule has 1 fully saturated rings. The third kappa shape index (κ3) is 6.86. The first-order valence-corrected chi connectivity index (χ1v) is 17.0. The van der Waals surface area contributed by atoms with Crippen molar-refractivity contribution in [2.75, 3.05) is 0 Å². The average molecular weight is 373 g/mol. The molecule has 0 N–H and O–H groups in total. The molecule has 0 heterocycles. The van der Waals surface area contributed by atoms with E-state index < -0.39 is 18.4 Å². The van der Waals surface area contributed by atoms with Crippen molar-refractivity contribution in [2.45, 2.75) is 109 Å². The van der Waals surface area contributed by atoms with Gasteiger partial charge in [-0.25, -0.2) is 0 Å². The summed E-state index contributed by atoms with van der Waals surface area (Å²) in [6, 6.07) is 0. The van der Waals surface area contributed by atoms with Crippen molar-refractivity contribution in [1.82, 2.24) is 0 Å². The summed E-state index contributed by atoms with van der Waals surface area (Å²) >= 11 is -1.71. The monoisotopic (exact) mass is 374 g/mol. The summed E-state index contributed by atoms with van der Waals surface area (Å²) in [5, 5.41) is 0. The Morgan fingerprint density at radius 3 is 1.26 bits per heavy atom. The molecule has 0 unspecified atom stereocenters. The van der Waals surface area contributed by atoms with Crippen LogP contribution in [0.1, 0.15) is 91.4 Å². The molecule has 1 heteroatoms. The molecule has 0 atom stereocenters. The maximum absolute atomic E-state index is 2.36. The first-order valence-electron chi connectivity index (χ1n) is 9.29. The van der Waals surface area contributed by atoms with Gasteiger partial charge >= 0.3 is 127 Å². The molecule has 0 aromatic carbocycles. The van der Waals surface area contributed by atoms with E-state index in [0.29, 0.717) is 0 Å². The van der Waals surface area contributed by atoms with E-state index in [2.05, 4.69) is 20.8 Å². The van der Waals surface area contributed by atoms with Gasteiger partial charge < -0.3 is 0 Å². The predicted molar refractivity (Wildman–Crippen MR) is 91.7 cm³/mol. The molecule has 0 aromatic heterocycles. The maximum atomic E-state index is 2.36. The van der Waals surface area contributed by atoms with Crippen molar-refractivity contribution in [2.24, 2.45) is 0 Å². The van der Waals surface area contributed by atoms with Gasteiger partial charge in [-0.05, 0) is 0 Å². The molecular weight excluding hydrogens is 335 g/mol. The van der Waals surface area contributed by atoms with Crippen LogP contribution in [0.3, 0.4) is 0 Å². The predicted octanol–water partition coefficient (Wildman–Crippen LogP) is 7.17. The molecule has 0 spiro atoms. The Morgan fingerprint density at radius 1 is 0.632 bits per heavy atom. The molecule has 0 nitrogen and oxygen atoms in total. The standard InChI is InChI=1S/3C5H11.C3H5.Sn/c3*1-3-5-4-2;1-2-3-1;/h3*1,3-5H2,2H3;1H,2-3H2;. The molecule has 0 aliphatic heterocycles. The van der Waals surface area contributed by atoms with Crippen LogP contribution in [0.5, 0.6) is 0 Å². The second-order valence-corrected chi connectivity index (χ2v) is 21.4. The van der Waals surface area contributed by atoms with Crippen LogP contribution < -0.4 is 0 Å². The van der Waals surface area contributed by atoms with Gasteiger partial charge in [0, 0.05) is 0 Å². The third-order valence-electron chi connectivity index (χ3n) is 5.28. The van der Waals surface area contributed by atoms with Gasteiger partial charge in [-0.2, -0.15) is 0 Å². The van der Waals surface area contributed by atoms with E-state index in [0.717, 1.165) is 0 Å². The van der Waals surface area contributed by atoms with Crippen molar-refractivity contribution >= 4 is 18.4 Å². The normalized spacial score (nSPS) is 15.9. The van der Waals surface area contributed by atoms with E-state index in [1.54, 1.807) is 45.4 Å². The first-order chi connectivity index (χ1) is 9.29. The Labute approximate surface area is 127 Å². The van der Waals surface area contributed by atoms with E-state index in [1.807, 2.05) is 0 Å². The topological polar surface area (TPSA) is 0 Å². The summed E-state index contributed by atoms with van der Waals surface area (Å²) < 4.78 is 6.57. The van der Waals surface area contributed by atoms with Crippen molar-refractivity contribution in [3.05, 3.63) is 0 Å². The Bertz CT molecular complexity index is 181. The van der Waals surface area contributed by atoms with Crippen molar-refractivity contribution in [1.29, 1.82) is 0 Å². The molecule has 0 aromatic rings. The fourth-order valence-corrected chi connectivity index (χ4v) is 21.6. The quantitative estimate of drug-likeness (QED) is 0.237. The number of rotatable bonds is 13. The van der Waals surface area contributed by atoms with Crippen molar-refractivity contribution in [3.63, 3.8) is 0 Å². The molecule has 1 aliphatic carbocycles. The second-order valence-electron chi connectivity index (χ2n) is 7.01. The fraction of sp³-hybridized carbons (Fsp3) is 1.00. The SMILES string of the molecule is CCCC[CH2][Sn]([CH2]CCCC)([CH2]CCCC)[CH]1CC1. The Hall–Kier alpha value is 0.799. The summed E-state index contributed by atoms with van der Waals surface area (Å²) in [4.78, 5) is 0. The van der Waals surface area contributed by atoms with Gasteiger partial charge in [0.1, 0.15) is 0 Å². The van der Waals surface area contributed by atoms with Gasteiger partial charge in [-0.15, -0.1) is 0 Å². The number of hydrogen-bond donors (Lipinski definition) is 0. The van der Waals surface area contributed by atoms with E-state index >= 15 is 0 Å². The Morgan fingerprint density at radius 2 is 1.00 bits per heavy atom. The van der Waals surface area contributed by atoms with Gasteiger partial charge in [0.2, 0.25) is 0 Å². The van der Waals surface area contributed by atoms with Crippen LogP contribution in [-0.2, 0) is 0 Å². The van der Waals surface area contributed by atoms with Gasteiger partial charge in [-0.1, -0.05) is 0 Å². The third-order valence-corrected chi connectivity index (χ3v) is 23.4. The van der Waals surface area contributed by atoms with Crippen LogP contribution in [0, 0.1) is 0 Å². The summed E-state index contributed by atoms with van der Waals surface area (Å²) in [5.41, 5.74) is 0. The minimum absolute atomic E-state index is 1.32. The molecule has 1 rings (SSSR count). The van der Waals surface area contributed by atoms with E-state index in [4.69, 9.17) is 0 Å². The van der Waals surface area contributed by atoms with E-state index in [-0.39, 0.29) is 0 Å². The van der Waals surface area contributed by atoms with Crippen LogP contribution in [0.4, 0.5) is 0 Å². The minimum atomic E-state index is -1.71. The van der Waals surface area contributed by atoms with Crippen molar-refractivity contribution < 1.29 is 0 Å². The van der Waals surface area contributed by atoms with Crippen molar-refractivity contribution in [3.8, 4) is 0 Å². The van der Waals surface area contributed by atoms with Crippen LogP contribution in [0.15, 0.2) is 0 Å². The zero-order valence-electron chi connectivity index (χ0n) is 14.0. The second kappa shape index (κ2) is 10.5. The molecule has 0 saturated heterocycles. The molecular formula is C18H38Sn. The average Bonchev–Trinajstić information content (AvgIpc) is 3.23. The molecule has 0 bridgehead atoms. The summed E-state index contributed by atoms with van der Waals surface area (Å²) in [7, 11) is 0. The number of hydrogen-bond acceptors (Lipinski definition) is 0. The zero-order valence-corrected chi connectivity index (χ0v) is 16.8. The van der Waals surface area contributed by atoms with Crippen LogP contribution in [0.25, 0.3) is 0 Å². The van der Waals surface area contributed by atoms with E-state index in [1.165, 1.54) is 42.5 Å². The number of unbranched alkanes of at least 4 members (excludes halogenated alkanes) is 6. The molecule has 0 radical (unpaired) electrons. The summed E-state index contributed by atoms with van der Waals surface area (Å²) in [5.74, 6) is 0. The van der Waals surface area contributed by atoms with Gasteiger partial charge in [0.15, 0.2) is 0 Å². The van der Waals surface area contributed by atoms with Gasteiger partial charge in [-0.3, -0.25) is 0 Å². The molecule has 19 heavy (non-hydrogen) atoms. The molecule has 1 aliphatic rings. The Kier molecular flexibility index (Phi) is 9.88. The van der Waals surface area contributed by atoms with Crippen LogP contribution in [0.2, 0.25) is 17.2 Å². The van der Waals surface area contributed by atoms with Crippen LogP contribution >= 0.6 is 0 Å². The Balaban J connectivity index is 2.49. The molecule has 114 valence electrons. The van der Waals surface area contributed by atoms with E-state index in [9.17, 15) is 0 Å². The zero-order chi connectivity index (χ0) is 14.0. The molecule has 1 saturated carbocycles. The summed E-state index contributed by atoms with van der Waals surface area (Å²) in [6.45, 7) is 7.09. The fourth-order valence-electron chi connectivity index (χ4n) is 3.86. The molecule has 0 amide bonds. The van der Waals surface area contributed by atoms with Gasteiger partial charge in [0.25, 0.3) is 0 Å². The van der Waals surface area contributed by atoms with Gasteiger partial charge in [0.05, 0.1) is 0 Å². The summed E-state index contributed by atoms with van der Waals surface area (Å²) in [6.07, 6.45) is 16.8.